The molecule has 0 saturated carbocycles. The van der Waals surface area contributed by atoms with Gasteiger partial charge in [-0.05, 0) is 43.2 Å². The number of carbonyl (C=O) groups is 1. The Balaban J connectivity index is 2.59. The van der Waals surface area contributed by atoms with E-state index >= 15 is 0 Å². The summed E-state index contributed by atoms with van der Waals surface area (Å²) in [4.78, 5) is 15.4. The van der Waals surface area contributed by atoms with E-state index in [0.717, 1.165) is 12.1 Å². The van der Waals surface area contributed by atoms with Crippen molar-refractivity contribution >= 4 is 5.97 Å². The van der Waals surface area contributed by atoms with E-state index in [2.05, 4.69) is 4.98 Å². The Labute approximate surface area is 119 Å². The van der Waals surface area contributed by atoms with Crippen LogP contribution in [0.3, 0.4) is 0 Å². The van der Waals surface area contributed by atoms with E-state index in [-0.39, 0.29) is 5.56 Å². The lowest BCUT2D eigenvalue weighted by Gasteiger charge is -2.12. The molecule has 0 aliphatic heterocycles. The summed E-state index contributed by atoms with van der Waals surface area (Å²) in [7, 11) is 0. The van der Waals surface area contributed by atoms with Crippen LogP contribution in [0.15, 0.2) is 30.3 Å². The molecule has 0 saturated heterocycles. The summed E-state index contributed by atoms with van der Waals surface area (Å²) in [5, 5.41) is 9.26. The maximum absolute atomic E-state index is 12.6. The lowest BCUT2D eigenvalue weighted by molar-refractivity contribution is -0.137. The largest absolute Gasteiger partial charge is 0.478 e. The van der Waals surface area contributed by atoms with Crippen LogP contribution < -0.4 is 0 Å². The average molecular weight is 295 g/mol. The van der Waals surface area contributed by atoms with Crippen molar-refractivity contribution < 1.29 is 23.1 Å². The second-order valence-electron chi connectivity index (χ2n) is 4.65. The molecule has 21 heavy (non-hydrogen) atoms. The molecule has 0 bridgehead atoms. The number of benzene rings is 1. The molecule has 0 amide bonds. The minimum atomic E-state index is -4.42. The molecule has 2 aromatic rings. The Morgan fingerprint density at radius 2 is 1.71 bits per heavy atom. The third-order valence-corrected chi connectivity index (χ3v) is 3.07. The number of halogens is 3. The summed E-state index contributed by atoms with van der Waals surface area (Å²) in [6, 6.07) is 5.96. The van der Waals surface area contributed by atoms with Gasteiger partial charge in [-0.1, -0.05) is 12.1 Å². The summed E-state index contributed by atoms with van der Waals surface area (Å²) in [6.45, 7) is 3.26. The molecule has 110 valence electrons. The first kappa shape index (κ1) is 15.0. The Hall–Kier alpha value is -2.37. The Morgan fingerprint density at radius 1 is 1.14 bits per heavy atom. The first-order valence-electron chi connectivity index (χ1n) is 6.09. The third kappa shape index (κ3) is 3.04. The topological polar surface area (TPSA) is 50.2 Å². The van der Waals surface area contributed by atoms with Crippen molar-refractivity contribution in [2.45, 2.75) is 20.0 Å². The molecule has 1 aromatic carbocycles. The standard InChI is InChI=1S/C15H12F3NO2/c1-8-7-12(13(14(20)21)9(2)19-8)10-3-5-11(6-4-10)15(16,17)18/h3-7H,1-2H3,(H,20,21). The molecule has 0 unspecified atom stereocenters. The van der Waals surface area contributed by atoms with Crippen molar-refractivity contribution in [2.24, 2.45) is 0 Å². The molecular formula is C15H12F3NO2. The number of aromatic nitrogens is 1. The van der Waals surface area contributed by atoms with Crippen LogP contribution in [0.2, 0.25) is 0 Å². The monoisotopic (exact) mass is 295 g/mol. The predicted octanol–water partition coefficient (Wildman–Crippen LogP) is 4.08. The smallest absolute Gasteiger partial charge is 0.416 e. The highest BCUT2D eigenvalue weighted by Gasteiger charge is 2.30. The van der Waals surface area contributed by atoms with E-state index in [1.54, 1.807) is 19.9 Å². The number of rotatable bonds is 2. The number of hydrogen-bond donors (Lipinski definition) is 1. The second-order valence-corrected chi connectivity index (χ2v) is 4.65. The quantitative estimate of drug-likeness (QED) is 0.908. The highest BCUT2D eigenvalue weighted by atomic mass is 19.4. The zero-order valence-electron chi connectivity index (χ0n) is 11.3. The van der Waals surface area contributed by atoms with Crippen LogP contribution in [0.1, 0.15) is 27.3 Å². The normalized spacial score (nSPS) is 11.5. The van der Waals surface area contributed by atoms with Crippen molar-refractivity contribution in [2.75, 3.05) is 0 Å². The number of aryl methyl sites for hydroxylation is 2. The van der Waals surface area contributed by atoms with Gasteiger partial charge in [-0.15, -0.1) is 0 Å². The van der Waals surface area contributed by atoms with E-state index in [0.29, 0.717) is 22.5 Å². The third-order valence-electron chi connectivity index (χ3n) is 3.07. The first-order chi connectivity index (χ1) is 9.70. The summed E-state index contributed by atoms with van der Waals surface area (Å²) < 4.78 is 37.7. The maximum Gasteiger partial charge on any atom is 0.416 e. The van der Waals surface area contributed by atoms with Crippen molar-refractivity contribution in [3.8, 4) is 11.1 Å². The van der Waals surface area contributed by atoms with Crippen LogP contribution in [0.4, 0.5) is 13.2 Å². The molecule has 1 N–H and O–H groups in total. The molecule has 3 nitrogen and oxygen atoms in total. The van der Waals surface area contributed by atoms with Crippen molar-refractivity contribution in [3.05, 3.63) is 52.8 Å². The van der Waals surface area contributed by atoms with Gasteiger partial charge in [-0.3, -0.25) is 4.98 Å². The number of nitrogens with zero attached hydrogens (tertiary/aromatic N) is 1. The second kappa shape index (κ2) is 5.20. The van der Waals surface area contributed by atoms with E-state index < -0.39 is 17.7 Å². The van der Waals surface area contributed by atoms with Gasteiger partial charge < -0.3 is 5.11 Å². The molecule has 0 spiro atoms. The number of pyridine rings is 1. The minimum Gasteiger partial charge on any atom is -0.478 e. The van der Waals surface area contributed by atoms with E-state index in [1.165, 1.54) is 12.1 Å². The molecule has 6 heteroatoms. The highest BCUT2D eigenvalue weighted by molar-refractivity contribution is 5.97. The zero-order chi connectivity index (χ0) is 15.8. The number of aromatic carboxylic acids is 1. The predicted molar refractivity (Wildman–Crippen MR) is 71.1 cm³/mol. The number of carboxylic acid groups (broad SMARTS) is 1. The van der Waals surface area contributed by atoms with Crippen LogP contribution in [0.25, 0.3) is 11.1 Å². The van der Waals surface area contributed by atoms with Gasteiger partial charge in [0.2, 0.25) is 0 Å². The van der Waals surface area contributed by atoms with Crippen LogP contribution in [-0.4, -0.2) is 16.1 Å². The number of hydrogen-bond acceptors (Lipinski definition) is 2. The van der Waals surface area contributed by atoms with Crippen LogP contribution in [0, 0.1) is 13.8 Å². The van der Waals surface area contributed by atoms with Gasteiger partial charge in [0.25, 0.3) is 0 Å². The van der Waals surface area contributed by atoms with E-state index in [9.17, 15) is 23.1 Å². The molecule has 0 aliphatic rings. The Bertz CT molecular complexity index is 691. The number of carboxylic acids is 1. The maximum atomic E-state index is 12.6. The molecule has 1 aromatic heterocycles. The van der Waals surface area contributed by atoms with Crippen LogP contribution >= 0.6 is 0 Å². The summed E-state index contributed by atoms with van der Waals surface area (Å²) in [5.41, 5.74) is 0.936. The molecule has 0 aliphatic carbocycles. The number of alkyl halides is 3. The fourth-order valence-corrected chi connectivity index (χ4v) is 2.17. The van der Waals surface area contributed by atoms with E-state index in [4.69, 9.17) is 0 Å². The summed E-state index contributed by atoms with van der Waals surface area (Å²) in [5.74, 6) is -1.16. The average Bonchev–Trinajstić information content (AvgIpc) is 2.36. The van der Waals surface area contributed by atoms with Gasteiger partial charge in [0.1, 0.15) is 0 Å². The lowest BCUT2D eigenvalue weighted by atomic mass is 9.97. The molecule has 0 radical (unpaired) electrons. The molecular weight excluding hydrogens is 283 g/mol. The Kier molecular flexibility index (Phi) is 3.72. The van der Waals surface area contributed by atoms with Crippen molar-refractivity contribution in [1.82, 2.24) is 4.98 Å². The van der Waals surface area contributed by atoms with Gasteiger partial charge >= 0.3 is 12.1 Å². The molecule has 2 rings (SSSR count). The first-order valence-corrected chi connectivity index (χ1v) is 6.09. The zero-order valence-corrected chi connectivity index (χ0v) is 11.3. The van der Waals surface area contributed by atoms with Gasteiger partial charge in [0.15, 0.2) is 0 Å². The Morgan fingerprint density at radius 3 is 2.19 bits per heavy atom. The van der Waals surface area contributed by atoms with Gasteiger partial charge in [-0.2, -0.15) is 13.2 Å². The van der Waals surface area contributed by atoms with Crippen molar-refractivity contribution in [3.63, 3.8) is 0 Å². The fourth-order valence-electron chi connectivity index (χ4n) is 2.17. The lowest BCUT2D eigenvalue weighted by Crippen LogP contribution is -2.07. The minimum absolute atomic E-state index is 0.000332. The SMILES string of the molecule is Cc1cc(-c2ccc(C(F)(F)F)cc2)c(C(=O)O)c(C)n1. The van der Waals surface area contributed by atoms with Gasteiger partial charge in [-0.25, -0.2) is 4.79 Å². The van der Waals surface area contributed by atoms with Gasteiger partial charge in [0, 0.05) is 5.69 Å². The van der Waals surface area contributed by atoms with Crippen LogP contribution in [0.5, 0.6) is 0 Å². The highest BCUT2D eigenvalue weighted by Crippen LogP contribution is 2.32. The van der Waals surface area contributed by atoms with Crippen LogP contribution in [-0.2, 0) is 6.18 Å². The van der Waals surface area contributed by atoms with Gasteiger partial charge in [0.05, 0.1) is 16.8 Å². The van der Waals surface area contributed by atoms with Crippen molar-refractivity contribution in [1.29, 1.82) is 0 Å². The summed E-state index contributed by atoms with van der Waals surface area (Å²) >= 11 is 0. The molecule has 1 heterocycles. The summed E-state index contributed by atoms with van der Waals surface area (Å²) in [6.07, 6.45) is -4.42. The fraction of sp³-hybridized carbons (Fsp3) is 0.200. The molecule has 0 fully saturated rings. The van der Waals surface area contributed by atoms with E-state index in [1.807, 2.05) is 0 Å². The molecule has 0 atom stereocenters.